The van der Waals surface area contributed by atoms with E-state index in [1.807, 2.05) is 25.1 Å². The third kappa shape index (κ3) is 3.67. The van der Waals surface area contributed by atoms with E-state index in [2.05, 4.69) is 15.9 Å². The first-order valence-electron chi connectivity index (χ1n) is 5.00. The number of rotatable bonds is 5. The van der Waals surface area contributed by atoms with Crippen molar-refractivity contribution in [3.63, 3.8) is 0 Å². The number of halogens is 1. The van der Waals surface area contributed by atoms with Crippen LogP contribution >= 0.6 is 15.9 Å². The minimum absolute atomic E-state index is 0.124. The van der Waals surface area contributed by atoms with Crippen LogP contribution in [0, 0.1) is 6.92 Å². The summed E-state index contributed by atoms with van der Waals surface area (Å²) < 4.78 is 0. The van der Waals surface area contributed by atoms with Gasteiger partial charge in [0.15, 0.2) is 0 Å². The zero-order valence-corrected chi connectivity index (χ0v) is 10.4. The molecular weight excluding hydrogens is 256 g/mol. The zero-order valence-electron chi connectivity index (χ0n) is 8.79. The van der Waals surface area contributed by atoms with Crippen LogP contribution in [0.1, 0.15) is 23.1 Å². The molecule has 0 fully saturated rings. The van der Waals surface area contributed by atoms with E-state index in [-0.39, 0.29) is 6.42 Å². The van der Waals surface area contributed by atoms with Gasteiger partial charge in [-0.15, -0.1) is 0 Å². The summed E-state index contributed by atoms with van der Waals surface area (Å²) in [6.07, 6.45) is 2.11. The van der Waals surface area contributed by atoms with Crippen molar-refractivity contribution in [3.8, 4) is 0 Å². The Balaban J connectivity index is 2.92. The predicted molar refractivity (Wildman–Crippen MR) is 64.6 cm³/mol. The second kappa shape index (κ2) is 5.91. The van der Waals surface area contributed by atoms with Gasteiger partial charge in [-0.05, 0) is 36.5 Å². The molecule has 0 bridgehead atoms. The third-order valence-corrected chi connectivity index (χ3v) is 2.97. The molecule has 1 N–H and O–H groups in total. The van der Waals surface area contributed by atoms with Crippen molar-refractivity contribution in [2.45, 2.75) is 26.2 Å². The Hall–Kier alpha value is -0.830. The van der Waals surface area contributed by atoms with Crippen LogP contribution in [0.25, 0.3) is 0 Å². The number of hydrogen-bond donors (Lipinski definition) is 1. The van der Waals surface area contributed by atoms with Gasteiger partial charge in [-0.1, -0.05) is 34.1 Å². The molecule has 1 rings (SSSR count). The molecule has 0 aliphatic rings. The van der Waals surface area contributed by atoms with Gasteiger partial charge in [-0.3, -0.25) is 4.79 Å². The minimum atomic E-state index is -0.763. The Labute approximate surface area is 98.4 Å². The highest BCUT2D eigenvalue weighted by Gasteiger charge is 2.08. The van der Waals surface area contributed by atoms with E-state index in [1.165, 1.54) is 11.1 Å². The first-order chi connectivity index (χ1) is 7.15. The van der Waals surface area contributed by atoms with Crippen LogP contribution in [0.4, 0.5) is 0 Å². The van der Waals surface area contributed by atoms with Crippen molar-refractivity contribution in [2.24, 2.45) is 0 Å². The van der Waals surface area contributed by atoms with Crippen molar-refractivity contribution in [1.82, 2.24) is 0 Å². The van der Waals surface area contributed by atoms with Gasteiger partial charge < -0.3 is 5.11 Å². The smallest absolute Gasteiger partial charge is 0.307 e. The van der Waals surface area contributed by atoms with E-state index in [0.717, 1.165) is 23.7 Å². The molecule has 0 saturated heterocycles. The van der Waals surface area contributed by atoms with Crippen molar-refractivity contribution in [3.05, 3.63) is 34.9 Å². The molecule has 0 amide bonds. The normalized spacial score (nSPS) is 10.3. The van der Waals surface area contributed by atoms with Gasteiger partial charge in [-0.2, -0.15) is 0 Å². The van der Waals surface area contributed by atoms with Crippen LogP contribution in [0.5, 0.6) is 0 Å². The van der Waals surface area contributed by atoms with Crippen molar-refractivity contribution in [2.75, 3.05) is 5.33 Å². The third-order valence-electron chi connectivity index (χ3n) is 2.41. The molecule has 0 spiro atoms. The predicted octanol–water partition coefficient (Wildman–Crippen LogP) is 2.95. The maximum Gasteiger partial charge on any atom is 0.307 e. The van der Waals surface area contributed by atoms with E-state index in [9.17, 15) is 4.79 Å². The Morgan fingerprint density at radius 1 is 1.47 bits per heavy atom. The number of benzene rings is 1. The minimum Gasteiger partial charge on any atom is -0.481 e. The number of hydrogen-bond acceptors (Lipinski definition) is 1. The Bertz CT molecular complexity index is 347. The van der Waals surface area contributed by atoms with Crippen molar-refractivity contribution >= 4 is 21.9 Å². The molecule has 15 heavy (non-hydrogen) atoms. The second-order valence-corrected chi connectivity index (χ2v) is 4.37. The van der Waals surface area contributed by atoms with Crippen LogP contribution in [0.15, 0.2) is 18.2 Å². The molecule has 0 aliphatic carbocycles. The topological polar surface area (TPSA) is 37.3 Å². The van der Waals surface area contributed by atoms with Gasteiger partial charge in [-0.25, -0.2) is 0 Å². The van der Waals surface area contributed by atoms with Gasteiger partial charge in [0.1, 0.15) is 0 Å². The number of alkyl halides is 1. The highest BCUT2D eigenvalue weighted by molar-refractivity contribution is 9.09. The summed E-state index contributed by atoms with van der Waals surface area (Å²) in [5.41, 5.74) is 3.33. The summed E-state index contributed by atoms with van der Waals surface area (Å²) in [5.74, 6) is -0.763. The van der Waals surface area contributed by atoms with Crippen LogP contribution in [-0.4, -0.2) is 16.4 Å². The van der Waals surface area contributed by atoms with Crippen LogP contribution in [-0.2, 0) is 17.6 Å². The zero-order chi connectivity index (χ0) is 11.3. The maximum absolute atomic E-state index is 10.7. The highest BCUT2D eigenvalue weighted by atomic mass is 79.9. The van der Waals surface area contributed by atoms with Gasteiger partial charge in [0, 0.05) is 5.33 Å². The van der Waals surface area contributed by atoms with Crippen LogP contribution < -0.4 is 0 Å². The fourth-order valence-corrected chi connectivity index (χ4v) is 1.97. The lowest BCUT2D eigenvalue weighted by Gasteiger charge is -2.10. The van der Waals surface area contributed by atoms with Crippen LogP contribution in [0.3, 0.4) is 0 Å². The molecule has 0 saturated carbocycles. The first-order valence-corrected chi connectivity index (χ1v) is 6.12. The molecule has 0 aromatic heterocycles. The molecule has 0 aliphatic heterocycles. The monoisotopic (exact) mass is 270 g/mol. The molecule has 1 aromatic rings. The number of aliphatic carboxylic acids is 1. The van der Waals surface area contributed by atoms with Gasteiger partial charge in [0.25, 0.3) is 0 Å². The standard InChI is InChI=1S/C12H15BrO2/c1-9-4-2-5-10(8-12(14)15)11(9)6-3-7-13/h2,4-5H,3,6-8H2,1H3,(H,14,15). The summed E-state index contributed by atoms with van der Waals surface area (Å²) in [4.78, 5) is 10.7. The van der Waals surface area contributed by atoms with Gasteiger partial charge >= 0.3 is 5.97 Å². The summed E-state index contributed by atoms with van der Waals surface area (Å²) in [6.45, 7) is 2.04. The Morgan fingerprint density at radius 2 is 2.20 bits per heavy atom. The average Bonchev–Trinajstić information content (AvgIpc) is 2.16. The number of carboxylic acids is 1. The molecule has 82 valence electrons. The first kappa shape index (κ1) is 12.2. The molecule has 0 atom stereocenters. The number of aryl methyl sites for hydroxylation is 1. The second-order valence-electron chi connectivity index (χ2n) is 3.58. The van der Waals surface area contributed by atoms with Crippen molar-refractivity contribution < 1.29 is 9.90 Å². The SMILES string of the molecule is Cc1cccc(CC(=O)O)c1CCCBr. The van der Waals surface area contributed by atoms with E-state index in [0.29, 0.717) is 0 Å². The fourth-order valence-electron chi connectivity index (χ4n) is 1.69. The van der Waals surface area contributed by atoms with E-state index >= 15 is 0 Å². The largest absolute Gasteiger partial charge is 0.481 e. The van der Waals surface area contributed by atoms with Crippen LogP contribution in [0.2, 0.25) is 0 Å². The maximum atomic E-state index is 10.7. The Kier molecular flexibility index (Phi) is 4.82. The number of carbonyl (C=O) groups is 1. The molecule has 0 unspecified atom stereocenters. The molecular formula is C12H15BrO2. The summed E-state index contributed by atoms with van der Waals surface area (Å²) in [6, 6.07) is 5.87. The summed E-state index contributed by atoms with van der Waals surface area (Å²) >= 11 is 3.39. The quantitative estimate of drug-likeness (QED) is 0.836. The lowest BCUT2D eigenvalue weighted by Crippen LogP contribution is -2.05. The number of carboxylic acid groups (broad SMARTS) is 1. The highest BCUT2D eigenvalue weighted by Crippen LogP contribution is 2.17. The lowest BCUT2D eigenvalue weighted by atomic mass is 9.96. The summed E-state index contributed by atoms with van der Waals surface area (Å²) in [7, 11) is 0. The van der Waals surface area contributed by atoms with E-state index < -0.39 is 5.97 Å². The van der Waals surface area contributed by atoms with Crippen molar-refractivity contribution in [1.29, 1.82) is 0 Å². The van der Waals surface area contributed by atoms with Gasteiger partial charge in [0.05, 0.1) is 6.42 Å². The van der Waals surface area contributed by atoms with E-state index in [4.69, 9.17) is 5.11 Å². The molecule has 0 radical (unpaired) electrons. The average molecular weight is 271 g/mol. The van der Waals surface area contributed by atoms with Gasteiger partial charge in [0.2, 0.25) is 0 Å². The molecule has 3 heteroatoms. The van der Waals surface area contributed by atoms with E-state index in [1.54, 1.807) is 0 Å². The lowest BCUT2D eigenvalue weighted by molar-refractivity contribution is -0.136. The molecule has 2 nitrogen and oxygen atoms in total. The molecule has 1 aromatic carbocycles. The molecule has 0 heterocycles. The summed E-state index contributed by atoms with van der Waals surface area (Å²) in [5, 5.41) is 9.75. The fraction of sp³-hybridized carbons (Fsp3) is 0.417. The Morgan fingerprint density at radius 3 is 2.80 bits per heavy atom.